The van der Waals surface area contributed by atoms with Crippen LogP contribution in [0.15, 0.2) is 190 Å². The van der Waals surface area contributed by atoms with E-state index in [4.69, 9.17) is 14.4 Å². The summed E-state index contributed by atoms with van der Waals surface area (Å²) in [5, 5.41) is 13.6. The minimum Gasteiger partial charge on any atom is -0.456 e. The Hall–Kier alpha value is -7.30. The van der Waals surface area contributed by atoms with Gasteiger partial charge in [0.15, 0.2) is 5.84 Å². The maximum atomic E-state index is 6.59. The van der Waals surface area contributed by atoms with Crippen LogP contribution in [0.25, 0.3) is 76.5 Å². The van der Waals surface area contributed by atoms with E-state index in [2.05, 4.69) is 177 Å². The number of hydrogen-bond donors (Lipinski definition) is 1. The molecule has 0 fully saturated rings. The molecule has 0 saturated carbocycles. The van der Waals surface area contributed by atoms with E-state index in [1.807, 2.05) is 18.2 Å². The van der Waals surface area contributed by atoms with Crippen molar-refractivity contribution in [2.75, 3.05) is 0 Å². The highest BCUT2D eigenvalue weighted by atomic mass is 16.3. The van der Waals surface area contributed by atoms with Gasteiger partial charge in [0.1, 0.15) is 23.2 Å². The molecular weight excluding hydrogens is 707 g/mol. The zero-order valence-corrected chi connectivity index (χ0v) is 32.1. The summed E-state index contributed by atoms with van der Waals surface area (Å²) < 4.78 is 6.59. The first kappa shape index (κ1) is 32.9. The van der Waals surface area contributed by atoms with Crippen LogP contribution >= 0.6 is 0 Å². The van der Waals surface area contributed by atoms with E-state index >= 15 is 0 Å². The molecule has 12 rings (SSSR count). The van der Waals surface area contributed by atoms with Crippen molar-refractivity contribution >= 4 is 65.9 Å². The van der Waals surface area contributed by atoms with Crippen molar-refractivity contribution in [3.8, 4) is 22.3 Å². The predicted molar refractivity (Wildman–Crippen MR) is 241 cm³/mol. The van der Waals surface area contributed by atoms with Crippen LogP contribution in [-0.2, 0) is 5.41 Å². The third-order valence-corrected chi connectivity index (χ3v) is 12.5. The topological polar surface area (TPSA) is 49.9 Å². The monoisotopic (exact) mass is 743 g/mol. The smallest absolute Gasteiger partial charge is 0.159 e. The molecule has 2 aliphatic rings. The molecule has 1 aliphatic heterocycles. The quantitative estimate of drug-likeness (QED) is 0.183. The summed E-state index contributed by atoms with van der Waals surface area (Å²) >= 11 is 0. The number of furan rings is 1. The van der Waals surface area contributed by atoms with Crippen LogP contribution < -0.4 is 5.32 Å². The van der Waals surface area contributed by atoms with Gasteiger partial charge in [-0.3, -0.25) is 0 Å². The second kappa shape index (κ2) is 12.3. The molecule has 1 N–H and O–H groups in total. The number of benzene rings is 9. The summed E-state index contributed by atoms with van der Waals surface area (Å²) in [6.07, 6.45) is -0.420. The van der Waals surface area contributed by atoms with Crippen molar-refractivity contribution in [2.24, 2.45) is 9.98 Å². The highest BCUT2D eigenvalue weighted by Gasteiger charge is 2.38. The summed E-state index contributed by atoms with van der Waals surface area (Å²) in [5.41, 5.74) is 12.1. The number of aliphatic imine (C=N–C) groups is 2. The second-order valence-corrected chi connectivity index (χ2v) is 16.1. The normalized spacial score (nSPS) is 15.7. The van der Waals surface area contributed by atoms with Crippen molar-refractivity contribution < 1.29 is 4.42 Å². The van der Waals surface area contributed by atoms with Gasteiger partial charge in [0, 0.05) is 32.9 Å². The average Bonchev–Trinajstić information content (AvgIpc) is 3.78. The average molecular weight is 744 g/mol. The van der Waals surface area contributed by atoms with E-state index in [1.165, 1.54) is 54.6 Å². The van der Waals surface area contributed by atoms with Crippen LogP contribution in [0.5, 0.6) is 0 Å². The Labute approximate surface area is 335 Å². The van der Waals surface area contributed by atoms with Gasteiger partial charge in [0.25, 0.3) is 0 Å². The fourth-order valence-electron chi connectivity index (χ4n) is 9.76. The number of hydrogen-bond acceptors (Lipinski definition) is 4. The number of rotatable bonds is 4. The maximum absolute atomic E-state index is 6.59. The van der Waals surface area contributed by atoms with Crippen LogP contribution in [-0.4, -0.2) is 11.7 Å². The summed E-state index contributed by atoms with van der Waals surface area (Å²) in [5.74, 6) is 1.51. The fraction of sp³-hybridized carbons (Fsp3) is 0.0741. The molecule has 10 aromatic rings. The van der Waals surface area contributed by atoms with Gasteiger partial charge in [0.2, 0.25) is 0 Å². The molecule has 0 saturated heterocycles. The van der Waals surface area contributed by atoms with E-state index in [0.717, 1.165) is 55.6 Å². The SMILES string of the molecule is CC1(C)c2ccccc2-c2c(C3=NC(c4ccccc4)=NC(c4cccc5oc6ccc(-c7ccc8c9ccccc9c9ccccc9c8c7)cc6c45)N3)cccc21. The fourth-order valence-corrected chi connectivity index (χ4v) is 9.76. The van der Waals surface area contributed by atoms with Gasteiger partial charge in [-0.05, 0) is 90.0 Å². The molecule has 1 unspecified atom stereocenters. The lowest BCUT2D eigenvalue weighted by Gasteiger charge is -2.26. The molecule has 1 aromatic heterocycles. The molecule has 4 heteroatoms. The van der Waals surface area contributed by atoms with E-state index in [0.29, 0.717) is 5.84 Å². The van der Waals surface area contributed by atoms with E-state index in [1.54, 1.807) is 0 Å². The molecule has 58 heavy (non-hydrogen) atoms. The lowest BCUT2D eigenvalue weighted by atomic mass is 9.82. The first-order valence-corrected chi connectivity index (χ1v) is 20.0. The van der Waals surface area contributed by atoms with E-state index in [-0.39, 0.29) is 5.41 Å². The van der Waals surface area contributed by atoms with Crippen LogP contribution in [0.4, 0.5) is 0 Å². The minimum atomic E-state index is -0.420. The maximum Gasteiger partial charge on any atom is 0.159 e. The molecule has 274 valence electrons. The van der Waals surface area contributed by atoms with Gasteiger partial charge >= 0.3 is 0 Å². The largest absolute Gasteiger partial charge is 0.456 e. The summed E-state index contributed by atoms with van der Waals surface area (Å²) in [7, 11) is 0. The minimum absolute atomic E-state index is 0.127. The highest BCUT2D eigenvalue weighted by Crippen LogP contribution is 2.50. The third-order valence-electron chi connectivity index (χ3n) is 12.5. The Morgan fingerprint density at radius 1 is 0.483 bits per heavy atom. The molecule has 0 bridgehead atoms. The van der Waals surface area contributed by atoms with E-state index < -0.39 is 6.17 Å². The van der Waals surface area contributed by atoms with Gasteiger partial charge in [-0.25, -0.2) is 9.98 Å². The lowest BCUT2D eigenvalue weighted by Crippen LogP contribution is -2.34. The first-order valence-electron chi connectivity index (χ1n) is 20.0. The Kier molecular flexibility index (Phi) is 7.00. The van der Waals surface area contributed by atoms with Gasteiger partial charge in [0.05, 0.1) is 0 Å². The molecule has 0 spiro atoms. The standard InChI is InChI=1S/C54H37N3O/c1-54(2)45-23-11-10-20-40(45)49-41(21-12-24-46(49)54)52-55-51(32-14-4-3-5-15-32)56-53(57-52)42-22-13-25-48-50(42)44-31-34(27-29-47(44)58-48)33-26-28-39-37-18-7-6-16-35(37)36-17-8-9-19-38(36)43(39)30-33/h3-31,53H,1-2H3,(H,55,56,57). The van der Waals surface area contributed by atoms with Crippen LogP contribution in [0.3, 0.4) is 0 Å². The van der Waals surface area contributed by atoms with Crippen molar-refractivity contribution in [3.05, 3.63) is 204 Å². The third kappa shape index (κ3) is 4.81. The molecule has 4 nitrogen and oxygen atoms in total. The number of fused-ring (bicyclic) bond motifs is 12. The van der Waals surface area contributed by atoms with Gasteiger partial charge < -0.3 is 9.73 Å². The number of amidine groups is 2. The summed E-state index contributed by atoms with van der Waals surface area (Å²) in [6, 6.07) is 63.0. The van der Waals surface area contributed by atoms with Gasteiger partial charge in [-0.1, -0.05) is 166 Å². The Morgan fingerprint density at radius 3 is 1.86 bits per heavy atom. The van der Waals surface area contributed by atoms with Gasteiger partial charge in [-0.2, -0.15) is 0 Å². The number of nitrogens with zero attached hydrogens (tertiary/aromatic N) is 2. The van der Waals surface area contributed by atoms with Crippen LogP contribution in [0.2, 0.25) is 0 Å². The molecule has 0 amide bonds. The molecule has 9 aromatic carbocycles. The van der Waals surface area contributed by atoms with E-state index in [9.17, 15) is 0 Å². The Morgan fingerprint density at radius 2 is 1.09 bits per heavy atom. The van der Waals surface area contributed by atoms with Crippen molar-refractivity contribution in [1.29, 1.82) is 0 Å². The molecule has 1 aliphatic carbocycles. The predicted octanol–water partition coefficient (Wildman–Crippen LogP) is 13.5. The van der Waals surface area contributed by atoms with Crippen LogP contribution in [0.1, 0.15) is 47.8 Å². The zero-order chi connectivity index (χ0) is 38.5. The molecule has 1 atom stereocenters. The van der Waals surface area contributed by atoms with Crippen LogP contribution in [0, 0.1) is 0 Å². The zero-order valence-electron chi connectivity index (χ0n) is 32.1. The summed E-state index contributed by atoms with van der Waals surface area (Å²) in [4.78, 5) is 10.6. The Balaban J connectivity index is 1.03. The lowest BCUT2D eigenvalue weighted by molar-refractivity contribution is 0.659. The Bertz CT molecular complexity index is 3370. The summed E-state index contributed by atoms with van der Waals surface area (Å²) in [6.45, 7) is 4.64. The van der Waals surface area contributed by atoms with Crippen molar-refractivity contribution in [1.82, 2.24) is 5.32 Å². The second-order valence-electron chi connectivity index (χ2n) is 16.1. The molecule has 2 heterocycles. The van der Waals surface area contributed by atoms with Crippen molar-refractivity contribution in [2.45, 2.75) is 25.4 Å². The number of nitrogens with one attached hydrogen (secondary N) is 1. The highest BCUT2D eigenvalue weighted by molar-refractivity contribution is 6.26. The van der Waals surface area contributed by atoms with Gasteiger partial charge in [-0.15, -0.1) is 0 Å². The first-order chi connectivity index (χ1) is 28.5. The van der Waals surface area contributed by atoms with Crippen molar-refractivity contribution in [3.63, 3.8) is 0 Å². The molecular formula is C54H37N3O. The molecule has 0 radical (unpaired) electrons.